The maximum absolute atomic E-state index is 5.99. The van der Waals surface area contributed by atoms with Crippen LogP contribution in [-0.4, -0.2) is 17.6 Å². The zero-order valence-corrected chi connectivity index (χ0v) is 12.2. The Balaban J connectivity index is 2.53. The normalized spacial score (nSPS) is 18.3. The highest BCUT2D eigenvalue weighted by Crippen LogP contribution is 2.31. The van der Waals surface area contributed by atoms with E-state index in [0.717, 1.165) is 15.7 Å². The van der Waals surface area contributed by atoms with Crippen LogP contribution in [0.4, 0.5) is 5.69 Å². The number of hydrogen-bond donors (Lipinski definition) is 2. The number of aryl methyl sites for hydroxylation is 1. The van der Waals surface area contributed by atoms with Crippen molar-refractivity contribution in [2.24, 2.45) is 21.5 Å². The molecule has 0 aromatic heterocycles. The number of nitrogens with zero attached hydrogens (tertiary/aromatic N) is 3. The number of hydrogen-bond acceptors (Lipinski definition) is 5. The van der Waals surface area contributed by atoms with E-state index in [2.05, 4.69) is 25.9 Å². The minimum atomic E-state index is -0.547. The summed E-state index contributed by atoms with van der Waals surface area (Å²) in [5.74, 6) is 0.571. The lowest BCUT2D eigenvalue weighted by Gasteiger charge is -2.39. The van der Waals surface area contributed by atoms with Gasteiger partial charge in [0, 0.05) is 10.2 Å². The predicted octanol–water partition coefficient (Wildman–Crippen LogP) is 1.94. The van der Waals surface area contributed by atoms with Crippen LogP contribution in [0.15, 0.2) is 32.7 Å². The molecule has 1 aliphatic rings. The zero-order valence-electron chi connectivity index (χ0n) is 10.6. The van der Waals surface area contributed by atoms with Gasteiger partial charge in [-0.05, 0) is 44.5 Å². The van der Waals surface area contributed by atoms with Crippen molar-refractivity contribution < 1.29 is 0 Å². The van der Waals surface area contributed by atoms with Gasteiger partial charge in [0.1, 0.15) is 5.66 Å². The minimum Gasteiger partial charge on any atom is -0.369 e. The van der Waals surface area contributed by atoms with Gasteiger partial charge in [-0.3, -0.25) is 4.90 Å². The summed E-state index contributed by atoms with van der Waals surface area (Å²) >= 11 is 3.45. The van der Waals surface area contributed by atoms with Crippen LogP contribution >= 0.6 is 15.9 Å². The molecule has 0 unspecified atom stereocenters. The topological polar surface area (TPSA) is 80.0 Å². The van der Waals surface area contributed by atoms with E-state index in [9.17, 15) is 0 Å². The Morgan fingerprint density at radius 1 is 1.28 bits per heavy atom. The van der Waals surface area contributed by atoms with E-state index in [1.807, 2.05) is 43.9 Å². The molecular weight excluding hydrogens is 294 g/mol. The Labute approximate surface area is 115 Å². The van der Waals surface area contributed by atoms with Gasteiger partial charge in [0.05, 0.1) is 0 Å². The van der Waals surface area contributed by atoms with Crippen LogP contribution < -0.4 is 16.4 Å². The maximum Gasteiger partial charge on any atom is 0.220 e. The van der Waals surface area contributed by atoms with E-state index < -0.39 is 5.66 Å². The van der Waals surface area contributed by atoms with Crippen molar-refractivity contribution in [1.82, 2.24) is 0 Å². The molecule has 0 spiro atoms. The number of aliphatic imine (C=N–C) groups is 2. The van der Waals surface area contributed by atoms with Gasteiger partial charge in [-0.15, -0.1) is 0 Å². The van der Waals surface area contributed by atoms with Crippen molar-refractivity contribution in [2.45, 2.75) is 26.4 Å². The van der Waals surface area contributed by atoms with Crippen molar-refractivity contribution in [1.29, 1.82) is 0 Å². The van der Waals surface area contributed by atoms with Gasteiger partial charge >= 0.3 is 0 Å². The van der Waals surface area contributed by atoms with Crippen molar-refractivity contribution >= 4 is 33.5 Å². The largest absolute Gasteiger partial charge is 0.369 e. The van der Waals surface area contributed by atoms with Gasteiger partial charge < -0.3 is 11.5 Å². The van der Waals surface area contributed by atoms with Crippen LogP contribution in [0.2, 0.25) is 0 Å². The third-order valence-electron chi connectivity index (χ3n) is 2.79. The lowest BCUT2D eigenvalue weighted by atomic mass is 10.1. The molecule has 1 aromatic rings. The van der Waals surface area contributed by atoms with E-state index in [1.165, 1.54) is 0 Å². The number of nitrogens with two attached hydrogens (primary N) is 2. The molecule has 1 aliphatic heterocycles. The first-order valence-corrected chi connectivity index (χ1v) is 6.36. The standard InChI is InChI=1S/C12H16BrN5/c1-7-6-8(13)4-5-9(7)18-11(15)16-10(14)17-12(18,2)3/h4-6H,1-3H3,(H4,14,15,16,17). The smallest absolute Gasteiger partial charge is 0.220 e. The van der Waals surface area contributed by atoms with Crippen LogP contribution in [0.3, 0.4) is 0 Å². The molecule has 0 fully saturated rings. The second-order valence-electron chi connectivity index (χ2n) is 4.70. The molecule has 1 aromatic carbocycles. The first kappa shape index (κ1) is 12.9. The second-order valence-corrected chi connectivity index (χ2v) is 5.62. The fraction of sp³-hybridized carbons (Fsp3) is 0.333. The van der Waals surface area contributed by atoms with Gasteiger partial charge in [-0.25, -0.2) is 4.99 Å². The Morgan fingerprint density at radius 2 is 1.94 bits per heavy atom. The summed E-state index contributed by atoms with van der Waals surface area (Å²) in [6.45, 7) is 5.91. The molecule has 0 aliphatic carbocycles. The monoisotopic (exact) mass is 309 g/mol. The average Bonchev–Trinajstić information content (AvgIpc) is 2.18. The fourth-order valence-corrected chi connectivity index (χ4v) is 2.57. The molecule has 1 heterocycles. The quantitative estimate of drug-likeness (QED) is 0.832. The van der Waals surface area contributed by atoms with Crippen molar-refractivity contribution in [3.05, 3.63) is 28.2 Å². The molecule has 0 bridgehead atoms. The first-order valence-electron chi connectivity index (χ1n) is 5.57. The summed E-state index contributed by atoms with van der Waals surface area (Å²) in [4.78, 5) is 10.2. The minimum absolute atomic E-state index is 0.212. The molecule has 0 saturated heterocycles. The Morgan fingerprint density at radius 3 is 2.50 bits per heavy atom. The van der Waals surface area contributed by atoms with E-state index in [1.54, 1.807) is 0 Å². The molecule has 5 nitrogen and oxygen atoms in total. The van der Waals surface area contributed by atoms with Gasteiger partial charge in [-0.2, -0.15) is 4.99 Å². The molecule has 0 radical (unpaired) electrons. The number of guanidine groups is 2. The Bertz CT molecular complexity index is 547. The van der Waals surface area contributed by atoms with Crippen molar-refractivity contribution in [3.8, 4) is 0 Å². The van der Waals surface area contributed by atoms with Crippen LogP contribution in [0.25, 0.3) is 0 Å². The van der Waals surface area contributed by atoms with Crippen LogP contribution in [0.1, 0.15) is 19.4 Å². The van der Waals surface area contributed by atoms with E-state index in [4.69, 9.17) is 11.5 Å². The van der Waals surface area contributed by atoms with Crippen molar-refractivity contribution in [3.63, 3.8) is 0 Å². The molecular formula is C12H16BrN5. The molecule has 96 valence electrons. The van der Waals surface area contributed by atoms with E-state index >= 15 is 0 Å². The molecule has 18 heavy (non-hydrogen) atoms. The lowest BCUT2D eigenvalue weighted by molar-refractivity contribution is 0.533. The highest BCUT2D eigenvalue weighted by atomic mass is 79.9. The maximum atomic E-state index is 5.99. The molecule has 0 amide bonds. The SMILES string of the molecule is Cc1cc(Br)ccc1N1C(N)=NC(N)=NC1(C)C. The lowest BCUT2D eigenvalue weighted by Crippen LogP contribution is -2.54. The summed E-state index contributed by atoms with van der Waals surface area (Å²) in [6, 6.07) is 5.98. The number of rotatable bonds is 1. The summed E-state index contributed by atoms with van der Waals surface area (Å²) < 4.78 is 1.03. The van der Waals surface area contributed by atoms with Crippen LogP contribution in [0, 0.1) is 6.92 Å². The number of anilines is 1. The van der Waals surface area contributed by atoms with E-state index in [0.29, 0.717) is 5.96 Å². The van der Waals surface area contributed by atoms with Gasteiger partial charge in [0.2, 0.25) is 11.9 Å². The molecule has 4 N–H and O–H groups in total. The predicted molar refractivity (Wildman–Crippen MR) is 78.7 cm³/mol. The molecule has 6 heteroatoms. The van der Waals surface area contributed by atoms with Gasteiger partial charge in [0.15, 0.2) is 0 Å². The van der Waals surface area contributed by atoms with Crippen molar-refractivity contribution in [2.75, 3.05) is 4.90 Å². The fourth-order valence-electron chi connectivity index (χ4n) is 2.09. The van der Waals surface area contributed by atoms with Gasteiger partial charge in [-0.1, -0.05) is 15.9 Å². The molecule has 2 rings (SSSR count). The highest BCUT2D eigenvalue weighted by Gasteiger charge is 2.33. The summed E-state index contributed by atoms with van der Waals surface area (Å²) in [5.41, 5.74) is 13.2. The third-order valence-corrected chi connectivity index (χ3v) is 3.29. The van der Waals surface area contributed by atoms with E-state index in [-0.39, 0.29) is 5.96 Å². The summed E-state index contributed by atoms with van der Waals surface area (Å²) in [7, 11) is 0. The third kappa shape index (κ3) is 2.20. The van der Waals surface area contributed by atoms with Gasteiger partial charge in [0.25, 0.3) is 0 Å². The Kier molecular flexibility index (Phi) is 3.06. The average molecular weight is 310 g/mol. The zero-order chi connectivity index (χ0) is 13.5. The van der Waals surface area contributed by atoms with Crippen LogP contribution in [-0.2, 0) is 0 Å². The second kappa shape index (κ2) is 4.28. The Hall–Kier alpha value is -1.56. The highest BCUT2D eigenvalue weighted by molar-refractivity contribution is 9.10. The summed E-state index contributed by atoms with van der Waals surface area (Å²) in [6.07, 6.45) is 0. The van der Waals surface area contributed by atoms with Crippen LogP contribution in [0.5, 0.6) is 0 Å². The first-order chi connectivity index (χ1) is 8.31. The molecule has 0 saturated carbocycles. The molecule has 0 atom stereocenters. The summed E-state index contributed by atoms with van der Waals surface area (Å²) in [5, 5.41) is 0. The number of benzene rings is 1. The number of halogens is 1.